The molecular formula is C16H18F2N2O. The molecule has 1 atom stereocenters. The molecule has 3 nitrogen and oxygen atoms in total. The van der Waals surface area contributed by atoms with E-state index in [4.69, 9.17) is 10.5 Å². The summed E-state index contributed by atoms with van der Waals surface area (Å²) in [6.45, 7) is 0.0667. The van der Waals surface area contributed by atoms with Crippen molar-refractivity contribution >= 4 is 5.69 Å². The van der Waals surface area contributed by atoms with Gasteiger partial charge in [0.2, 0.25) is 0 Å². The Kier molecular flexibility index (Phi) is 4.75. The maximum Gasteiger partial charge on any atom is 0.163 e. The minimum absolute atomic E-state index is 0.0667. The highest BCUT2D eigenvalue weighted by atomic mass is 19.2. The van der Waals surface area contributed by atoms with Crippen molar-refractivity contribution in [2.45, 2.75) is 6.04 Å². The molecule has 0 fully saturated rings. The largest absolute Gasteiger partial charge is 0.492 e. The quantitative estimate of drug-likeness (QED) is 0.920. The van der Waals surface area contributed by atoms with Crippen LogP contribution in [0.15, 0.2) is 42.5 Å². The molecule has 0 bridgehead atoms. The van der Waals surface area contributed by atoms with Gasteiger partial charge in [0.1, 0.15) is 12.4 Å². The number of ether oxygens (including phenoxy) is 1. The van der Waals surface area contributed by atoms with Gasteiger partial charge in [-0.1, -0.05) is 18.2 Å². The van der Waals surface area contributed by atoms with Gasteiger partial charge in [0.05, 0.1) is 6.04 Å². The van der Waals surface area contributed by atoms with Gasteiger partial charge in [-0.25, -0.2) is 8.78 Å². The van der Waals surface area contributed by atoms with Crippen LogP contribution < -0.4 is 15.4 Å². The highest BCUT2D eigenvalue weighted by Gasteiger charge is 2.15. The summed E-state index contributed by atoms with van der Waals surface area (Å²) >= 11 is 0. The van der Waals surface area contributed by atoms with E-state index in [2.05, 4.69) is 0 Å². The van der Waals surface area contributed by atoms with Crippen molar-refractivity contribution in [3.8, 4) is 5.75 Å². The summed E-state index contributed by atoms with van der Waals surface area (Å²) in [4.78, 5) is 1.94. The standard InChI is InChI=1S/C16H18F2N2O/c1-20(2)11-5-3-6-12(9-11)21-10-15(19)13-7-4-8-14(17)16(13)18/h3-9,15H,10,19H2,1-2H3. The minimum atomic E-state index is -0.921. The average Bonchev–Trinajstić information content (AvgIpc) is 2.48. The van der Waals surface area contributed by atoms with Crippen LogP contribution in [0.5, 0.6) is 5.75 Å². The molecule has 0 saturated heterocycles. The number of hydrogen-bond donors (Lipinski definition) is 1. The number of nitrogens with two attached hydrogens (primary N) is 1. The predicted octanol–water partition coefficient (Wildman–Crippen LogP) is 3.11. The molecule has 112 valence electrons. The van der Waals surface area contributed by atoms with Crippen molar-refractivity contribution in [2.75, 3.05) is 25.6 Å². The lowest BCUT2D eigenvalue weighted by molar-refractivity contribution is 0.286. The molecule has 2 rings (SSSR count). The first kappa shape index (κ1) is 15.3. The van der Waals surface area contributed by atoms with Gasteiger partial charge in [0.25, 0.3) is 0 Å². The molecule has 0 aliphatic rings. The van der Waals surface area contributed by atoms with Crippen molar-refractivity contribution in [3.05, 3.63) is 59.7 Å². The van der Waals surface area contributed by atoms with Crippen LogP contribution in [0.25, 0.3) is 0 Å². The second-order valence-corrected chi connectivity index (χ2v) is 4.95. The average molecular weight is 292 g/mol. The van der Waals surface area contributed by atoms with Gasteiger partial charge in [-0.15, -0.1) is 0 Å². The second kappa shape index (κ2) is 6.54. The molecule has 5 heteroatoms. The topological polar surface area (TPSA) is 38.5 Å². The number of hydrogen-bond acceptors (Lipinski definition) is 3. The molecule has 1 unspecified atom stereocenters. The van der Waals surface area contributed by atoms with E-state index >= 15 is 0 Å². The van der Waals surface area contributed by atoms with Crippen molar-refractivity contribution in [1.82, 2.24) is 0 Å². The zero-order valence-corrected chi connectivity index (χ0v) is 12.0. The van der Waals surface area contributed by atoms with Crippen molar-refractivity contribution in [2.24, 2.45) is 5.73 Å². The van der Waals surface area contributed by atoms with Crippen LogP contribution in [0.2, 0.25) is 0 Å². The molecule has 2 N–H and O–H groups in total. The van der Waals surface area contributed by atoms with Crippen molar-refractivity contribution < 1.29 is 13.5 Å². The Morgan fingerprint density at radius 3 is 2.57 bits per heavy atom. The van der Waals surface area contributed by atoms with Crippen LogP contribution in [0.1, 0.15) is 11.6 Å². The Hall–Kier alpha value is -2.14. The van der Waals surface area contributed by atoms with E-state index < -0.39 is 17.7 Å². The van der Waals surface area contributed by atoms with Gasteiger partial charge < -0.3 is 15.4 Å². The maximum absolute atomic E-state index is 13.6. The molecule has 21 heavy (non-hydrogen) atoms. The fraction of sp³-hybridized carbons (Fsp3) is 0.250. The van der Waals surface area contributed by atoms with Crippen LogP contribution >= 0.6 is 0 Å². The van der Waals surface area contributed by atoms with E-state index in [9.17, 15) is 8.78 Å². The summed E-state index contributed by atoms with van der Waals surface area (Å²) in [5.41, 5.74) is 6.96. The van der Waals surface area contributed by atoms with Crippen LogP contribution in [-0.4, -0.2) is 20.7 Å². The van der Waals surface area contributed by atoms with Crippen molar-refractivity contribution in [3.63, 3.8) is 0 Å². The fourth-order valence-corrected chi connectivity index (χ4v) is 1.93. The maximum atomic E-state index is 13.6. The number of rotatable bonds is 5. The zero-order chi connectivity index (χ0) is 15.4. The molecule has 0 amide bonds. The Balaban J connectivity index is 2.05. The van der Waals surface area contributed by atoms with Crippen LogP contribution in [-0.2, 0) is 0 Å². The Bertz CT molecular complexity index is 617. The molecule has 0 aliphatic heterocycles. The van der Waals surface area contributed by atoms with Crippen molar-refractivity contribution in [1.29, 1.82) is 0 Å². The third-order valence-corrected chi connectivity index (χ3v) is 3.14. The van der Waals surface area contributed by atoms with E-state index in [-0.39, 0.29) is 12.2 Å². The first-order chi connectivity index (χ1) is 9.99. The Morgan fingerprint density at radius 1 is 1.14 bits per heavy atom. The van der Waals surface area contributed by atoms with Gasteiger partial charge in [0, 0.05) is 31.4 Å². The highest BCUT2D eigenvalue weighted by molar-refractivity contribution is 5.49. The van der Waals surface area contributed by atoms with Crippen LogP contribution in [0.3, 0.4) is 0 Å². The normalized spacial score (nSPS) is 12.0. The molecule has 0 spiro atoms. The molecule has 0 saturated carbocycles. The third-order valence-electron chi connectivity index (χ3n) is 3.14. The van der Waals surface area contributed by atoms with Gasteiger partial charge in [-0.3, -0.25) is 0 Å². The third kappa shape index (κ3) is 3.70. The first-order valence-electron chi connectivity index (χ1n) is 6.58. The van der Waals surface area contributed by atoms with E-state index in [0.717, 1.165) is 11.8 Å². The van der Waals surface area contributed by atoms with Gasteiger partial charge in [0.15, 0.2) is 11.6 Å². The molecular weight excluding hydrogens is 274 g/mol. The Morgan fingerprint density at radius 2 is 1.86 bits per heavy atom. The lowest BCUT2D eigenvalue weighted by Gasteiger charge is -2.17. The smallest absolute Gasteiger partial charge is 0.163 e. The highest BCUT2D eigenvalue weighted by Crippen LogP contribution is 2.22. The molecule has 2 aromatic rings. The summed E-state index contributed by atoms with van der Waals surface area (Å²) in [6.07, 6.45) is 0. The van der Waals surface area contributed by atoms with Crippen LogP contribution in [0.4, 0.5) is 14.5 Å². The van der Waals surface area contributed by atoms with Gasteiger partial charge >= 0.3 is 0 Å². The summed E-state index contributed by atoms with van der Waals surface area (Å²) < 4.78 is 32.4. The fourth-order valence-electron chi connectivity index (χ4n) is 1.93. The van der Waals surface area contributed by atoms with E-state index in [1.807, 2.05) is 37.2 Å². The number of anilines is 1. The summed E-state index contributed by atoms with van der Waals surface area (Å²) in [5, 5.41) is 0. The second-order valence-electron chi connectivity index (χ2n) is 4.95. The van der Waals surface area contributed by atoms with E-state index in [0.29, 0.717) is 5.75 Å². The molecule has 0 aromatic heterocycles. The summed E-state index contributed by atoms with van der Waals surface area (Å²) in [7, 11) is 3.85. The number of nitrogens with zero attached hydrogens (tertiary/aromatic N) is 1. The van der Waals surface area contributed by atoms with E-state index in [1.54, 1.807) is 6.07 Å². The lowest BCUT2D eigenvalue weighted by atomic mass is 10.1. The SMILES string of the molecule is CN(C)c1cccc(OCC(N)c2cccc(F)c2F)c1. The number of benzene rings is 2. The monoisotopic (exact) mass is 292 g/mol. The number of halogens is 2. The van der Waals surface area contributed by atoms with Gasteiger partial charge in [-0.2, -0.15) is 0 Å². The molecule has 0 aliphatic carbocycles. The molecule has 2 aromatic carbocycles. The Labute approximate surface area is 122 Å². The summed E-state index contributed by atoms with van der Waals surface area (Å²) in [5.74, 6) is -1.19. The first-order valence-corrected chi connectivity index (χ1v) is 6.58. The summed E-state index contributed by atoms with van der Waals surface area (Å²) in [6, 6.07) is 10.7. The lowest BCUT2D eigenvalue weighted by Crippen LogP contribution is -2.20. The molecule has 0 radical (unpaired) electrons. The minimum Gasteiger partial charge on any atom is -0.492 e. The van der Waals surface area contributed by atoms with Gasteiger partial charge in [-0.05, 0) is 18.2 Å². The predicted molar refractivity (Wildman–Crippen MR) is 79.6 cm³/mol. The van der Waals surface area contributed by atoms with E-state index in [1.165, 1.54) is 12.1 Å². The van der Waals surface area contributed by atoms with Crippen LogP contribution in [0, 0.1) is 11.6 Å². The molecule has 0 heterocycles. The zero-order valence-electron chi connectivity index (χ0n) is 12.0.